The number of rotatable bonds is 3. The van der Waals surface area contributed by atoms with Gasteiger partial charge in [-0.05, 0) is 19.1 Å². The van der Waals surface area contributed by atoms with Crippen LogP contribution in [0.2, 0.25) is 0 Å². The van der Waals surface area contributed by atoms with Crippen molar-refractivity contribution in [2.75, 3.05) is 26.0 Å². The molecule has 7 heteroatoms. The molecule has 0 spiro atoms. The molecule has 1 aliphatic carbocycles. The molecule has 108 valence electrons. The number of amides is 2. The predicted octanol–water partition coefficient (Wildman–Crippen LogP) is 0.765. The summed E-state index contributed by atoms with van der Waals surface area (Å²) >= 11 is 1.78. The number of nitrogens with one attached hydrogen (secondary N) is 1. The molecular weight excluding hydrogens is 268 g/mol. The number of ether oxygens (including phenoxy) is 1. The average Bonchev–Trinajstić information content (AvgIpc) is 2.86. The summed E-state index contributed by atoms with van der Waals surface area (Å²) in [7, 11) is 0. The SMILES string of the molecule is CSC1CCCC1NC(=O)N1CCOC(C(=O)O)C1. The Bertz CT molecular complexity index is 353. The molecule has 2 amide bonds. The van der Waals surface area contributed by atoms with E-state index in [9.17, 15) is 9.59 Å². The highest BCUT2D eigenvalue weighted by Crippen LogP contribution is 2.28. The molecule has 2 rings (SSSR count). The van der Waals surface area contributed by atoms with Crippen molar-refractivity contribution in [3.63, 3.8) is 0 Å². The van der Waals surface area contributed by atoms with Crippen molar-refractivity contribution in [2.24, 2.45) is 0 Å². The first-order valence-corrected chi connectivity index (χ1v) is 7.83. The van der Waals surface area contributed by atoms with Crippen molar-refractivity contribution in [3.05, 3.63) is 0 Å². The van der Waals surface area contributed by atoms with Gasteiger partial charge < -0.3 is 20.1 Å². The molecule has 3 atom stereocenters. The summed E-state index contributed by atoms with van der Waals surface area (Å²) in [5.41, 5.74) is 0. The second-order valence-electron chi connectivity index (χ2n) is 4.90. The summed E-state index contributed by atoms with van der Waals surface area (Å²) in [5, 5.41) is 12.4. The fourth-order valence-electron chi connectivity index (χ4n) is 2.61. The third kappa shape index (κ3) is 3.54. The minimum Gasteiger partial charge on any atom is -0.479 e. The number of carboxylic acids is 1. The van der Waals surface area contributed by atoms with Crippen LogP contribution in [0.25, 0.3) is 0 Å². The van der Waals surface area contributed by atoms with Crippen molar-refractivity contribution in [3.8, 4) is 0 Å². The maximum absolute atomic E-state index is 12.1. The van der Waals surface area contributed by atoms with Crippen molar-refractivity contribution in [2.45, 2.75) is 36.7 Å². The Morgan fingerprint density at radius 2 is 2.21 bits per heavy atom. The van der Waals surface area contributed by atoms with Crippen molar-refractivity contribution in [1.29, 1.82) is 0 Å². The van der Waals surface area contributed by atoms with Crippen LogP contribution in [0.1, 0.15) is 19.3 Å². The molecule has 2 aliphatic rings. The Morgan fingerprint density at radius 3 is 2.89 bits per heavy atom. The molecule has 1 saturated heterocycles. The number of hydrogen-bond donors (Lipinski definition) is 2. The first kappa shape index (κ1) is 14.5. The monoisotopic (exact) mass is 288 g/mol. The van der Waals surface area contributed by atoms with Gasteiger partial charge in [0.25, 0.3) is 0 Å². The molecule has 2 N–H and O–H groups in total. The zero-order valence-electron chi connectivity index (χ0n) is 11.0. The largest absolute Gasteiger partial charge is 0.479 e. The fourth-order valence-corrected chi connectivity index (χ4v) is 3.54. The maximum atomic E-state index is 12.1. The van der Waals surface area contributed by atoms with E-state index in [4.69, 9.17) is 9.84 Å². The number of urea groups is 1. The molecule has 0 bridgehead atoms. The van der Waals surface area contributed by atoms with Gasteiger partial charge in [-0.25, -0.2) is 9.59 Å². The lowest BCUT2D eigenvalue weighted by Crippen LogP contribution is -2.54. The van der Waals surface area contributed by atoms with Gasteiger partial charge in [0.15, 0.2) is 6.10 Å². The van der Waals surface area contributed by atoms with Crippen LogP contribution in [0, 0.1) is 0 Å². The van der Waals surface area contributed by atoms with Crippen LogP contribution in [-0.4, -0.2) is 65.4 Å². The number of hydrogen-bond acceptors (Lipinski definition) is 4. The highest BCUT2D eigenvalue weighted by Gasteiger charge is 2.32. The average molecular weight is 288 g/mol. The highest BCUT2D eigenvalue weighted by molar-refractivity contribution is 7.99. The van der Waals surface area contributed by atoms with Gasteiger partial charge in [-0.3, -0.25) is 0 Å². The third-order valence-corrected chi connectivity index (χ3v) is 4.86. The Hall–Kier alpha value is -0.950. The molecule has 0 aromatic rings. The lowest BCUT2D eigenvalue weighted by Gasteiger charge is -2.32. The van der Waals surface area contributed by atoms with Crippen molar-refractivity contribution >= 4 is 23.8 Å². The fraction of sp³-hybridized carbons (Fsp3) is 0.833. The van der Waals surface area contributed by atoms with Gasteiger partial charge in [0.05, 0.1) is 13.2 Å². The molecule has 1 heterocycles. The van der Waals surface area contributed by atoms with E-state index in [0.29, 0.717) is 11.8 Å². The Balaban J connectivity index is 1.87. The van der Waals surface area contributed by atoms with Crippen LogP contribution in [0.5, 0.6) is 0 Å². The third-order valence-electron chi connectivity index (χ3n) is 3.69. The zero-order chi connectivity index (χ0) is 13.8. The number of carbonyl (C=O) groups excluding carboxylic acids is 1. The topological polar surface area (TPSA) is 78.9 Å². The Kier molecular flexibility index (Phi) is 4.93. The van der Waals surface area contributed by atoms with Gasteiger partial charge in [-0.15, -0.1) is 0 Å². The maximum Gasteiger partial charge on any atom is 0.334 e. The lowest BCUT2D eigenvalue weighted by molar-refractivity contribution is -0.154. The zero-order valence-corrected chi connectivity index (χ0v) is 11.8. The molecule has 0 radical (unpaired) electrons. The van der Waals surface area contributed by atoms with E-state index in [-0.39, 0.29) is 25.2 Å². The van der Waals surface area contributed by atoms with E-state index in [1.165, 1.54) is 4.90 Å². The summed E-state index contributed by atoms with van der Waals surface area (Å²) in [4.78, 5) is 24.6. The summed E-state index contributed by atoms with van der Waals surface area (Å²) < 4.78 is 5.11. The summed E-state index contributed by atoms with van der Waals surface area (Å²) in [6.45, 7) is 0.852. The normalized spacial score (nSPS) is 31.2. The Labute approximate surface area is 116 Å². The highest BCUT2D eigenvalue weighted by atomic mass is 32.2. The van der Waals surface area contributed by atoms with Crippen LogP contribution < -0.4 is 5.32 Å². The summed E-state index contributed by atoms with van der Waals surface area (Å²) in [6, 6.07) is 0.0362. The van der Waals surface area contributed by atoms with E-state index in [1.54, 1.807) is 11.8 Å². The molecule has 3 unspecified atom stereocenters. The first-order chi connectivity index (χ1) is 9.11. The summed E-state index contributed by atoms with van der Waals surface area (Å²) in [6.07, 6.45) is 4.43. The molecule has 6 nitrogen and oxygen atoms in total. The lowest BCUT2D eigenvalue weighted by atomic mass is 10.2. The van der Waals surface area contributed by atoms with Crippen LogP contribution in [0.4, 0.5) is 4.79 Å². The standard InChI is InChI=1S/C12H20N2O4S/c1-19-10-4-2-3-8(10)13-12(17)14-5-6-18-9(7-14)11(15)16/h8-10H,2-7H2,1H3,(H,13,17)(H,15,16). The van der Waals surface area contributed by atoms with Gasteiger partial charge in [0, 0.05) is 17.8 Å². The van der Waals surface area contributed by atoms with Gasteiger partial charge in [0.2, 0.25) is 0 Å². The van der Waals surface area contributed by atoms with E-state index >= 15 is 0 Å². The molecule has 2 fully saturated rings. The second-order valence-corrected chi connectivity index (χ2v) is 5.98. The molecule has 19 heavy (non-hydrogen) atoms. The van der Waals surface area contributed by atoms with Crippen molar-refractivity contribution in [1.82, 2.24) is 10.2 Å². The van der Waals surface area contributed by atoms with Crippen LogP contribution in [-0.2, 0) is 9.53 Å². The molecular formula is C12H20N2O4S. The predicted molar refractivity (Wildman–Crippen MR) is 72.4 cm³/mol. The quantitative estimate of drug-likeness (QED) is 0.802. The number of morpholine rings is 1. The molecule has 0 aromatic carbocycles. The minimum atomic E-state index is -1.01. The van der Waals surface area contributed by atoms with Gasteiger partial charge in [-0.2, -0.15) is 11.8 Å². The molecule has 1 saturated carbocycles. The van der Waals surface area contributed by atoms with E-state index < -0.39 is 12.1 Å². The van der Waals surface area contributed by atoms with Gasteiger partial charge >= 0.3 is 12.0 Å². The van der Waals surface area contributed by atoms with Crippen molar-refractivity contribution < 1.29 is 19.4 Å². The minimum absolute atomic E-state index is 0.123. The van der Waals surface area contributed by atoms with Gasteiger partial charge in [-0.1, -0.05) is 6.42 Å². The molecule has 0 aromatic heterocycles. The number of carbonyl (C=O) groups is 2. The van der Waals surface area contributed by atoms with E-state index in [1.807, 2.05) is 0 Å². The van der Waals surface area contributed by atoms with Crippen LogP contribution >= 0.6 is 11.8 Å². The number of aliphatic carboxylic acids is 1. The number of carboxylic acid groups (broad SMARTS) is 1. The van der Waals surface area contributed by atoms with Crippen LogP contribution in [0.15, 0.2) is 0 Å². The smallest absolute Gasteiger partial charge is 0.334 e. The number of nitrogens with zero attached hydrogens (tertiary/aromatic N) is 1. The number of thioether (sulfide) groups is 1. The van der Waals surface area contributed by atoms with E-state index in [2.05, 4.69) is 11.6 Å². The molecule has 1 aliphatic heterocycles. The first-order valence-electron chi connectivity index (χ1n) is 6.54. The summed E-state index contributed by atoms with van der Waals surface area (Å²) in [5.74, 6) is -1.01. The van der Waals surface area contributed by atoms with Gasteiger partial charge in [0.1, 0.15) is 0 Å². The van der Waals surface area contributed by atoms with Crippen LogP contribution in [0.3, 0.4) is 0 Å². The second kappa shape index (κ2) is 6.47. The van der Waals surface area contributed by atoms with E-state index in [0.717, 1.165) is 19.3 Å². The Morgan fingerprint density at radius 1 is 1.42 bits per heavy atom.